The summed E-state index contributed by atoms with van der Waals surface area (Å²) in [6, 6.07) is 16.2. The zero-order chi connectivity index (χ0) is 22.3. The van der Waals surface area contributed by atoms with Crippen molar-refractivity contribution in [1.82, 2.24) is 15.0 Å². The Bertz CT molecular complexity index is 912. The highest BCUT2D eigenvalue weighted by Gasteiger charge is 2.23. The molecule has 0 aliphatic rings. The van der Waals surface area contributed by atoms with Crippen molar-refractivity contribution in [1.29, 1.82) is 0 Å². The largest absolute Gasteiger partial charge is 0.493 e. The van der Waals surface area contributed by atoms with Crippen LogP contribution in [0.25, 0.3) is 0 Å². The van der Waals surface area contributed by atoms with Gasteiger partial charge in [-0.25, -0.2) is 4.68 Å². The lowest BCUT2D eigenvalue weighted by atomic mass is 9.78. The minimum absolute atomic E-state index is 0.174. The van der Waals surface area contributed by atoms with Gasteiger partial charge in [0.25, 0.3) is 0 Å². The summed E-state index contributed by atoms with van der Waals surface area (Å²) in [7, 11) is 0. The van der Waals surface area contributed by atoms with E-state index in [2.05, 4.69) is 55.3 Å². The van der Waals surface area contributed by atoms with Gasteiger partial charge in [-0.05, 0) is 35.4 Å². The maximum Gasteiger partial charge on any atom is 0.119 e. The highest BCUT2D eigenvalue weighted by molar-refractivity contribution is 6.18. The molecular weight excluding hydrogens is 414 g/mol. The number of benzene rings is 2. The number of aliphatic hydroxyl groups is 1. The number of alkyl halides is 1. The number of hydrogen-bond acceptors (Lipinski definition) is 5. The van der Waals surface area contributed by atoms with E-state index in [1.165, 1.54) is 11.1 Å². The second-order valence-electron chi connectivity index (χ2n) is 8.33. The van der Waals surface area contributed by atoms with Gasteiger partial charge in [0.15, 0.2) is 0 Å². The van der Waals surface area contributed by atoms with E-state index in [4.69, 9.17) is 21.1 Å². The molecule has 0 fully saturated rings. The van der Waals surface area contributed by atoms with E-state index in [9.17, 15) is 5.11 Å². The third-order valence-corrected chi connectivity index (χ3v) is 5.79. The average Bonchev–Trinajstić information content (AvgIpc) is 3.29. The summed E-state index contributed by atoms with van der Waals surface area (Å²) in [5.41, 5.74) is 2.20. The van der Waals surface area contributed by atoms with Crippen LogP contribution in [0.4, 0.5) is 0 Å². The van der Waals surface area contributed by atoms with Gasteiger partial charge in [0.1, 0.15) is 24.2 Å². The van der Waals surface area contributed by atoms with Crippen LogP contribution in [0.2, 0.25) is 0 Å². The molecule has 2 aromatic carbocycles. The van der Waals surface area contributed by atoms with Crippen LogP contribution >= 0.6 is 11.6 Å². The van der Waals surface area contributed by atoms with E-state index >= 15 is 0 Å². The first-order chi connectivity index (χ1) is 14.9. The van der Waals surface area contributed by atoms with Crippen molar-refractivity contribution < 1.29 is 14.6 Å². The van der Waals surface area contributed by atoms with Crippen LogP contribution in [0.15, 0.2) is 60.9 Å². The van der Waals surface area contributed by atoms with E-state index in [0.717, 1.165) is 5.75 Å². The Morgan fingerprint density at radius 2 is 1.52 bits per heavy atom. The number of hydrogen-bond donors (Lipinski definition) is 1. The van der Waals surface area contributed by atoms with Gasteiger partial charge in [-0.15, -0.1) is 16.7 Å². The van der Waals surface area contributed by atoms with Crippen LogP contribution in [0.5, 0.6) is 11.5 Å². The van der Waals surface area contributed by atoms with E-state index in [-0.39, 0.29) is 12.0 Å². The van der Waals surface area contributed by atoms with Crippen LogP contribution in [0.1, 0.15) is 31.9 Å². The van der Waals surface area contributed by atoms with Crippen molar-refractivity contribution in [3.05, 3.63) is 72.1 Å². The molecule has 166 valence electrons. The normalized spacial score (nSPS) is 13.6. The quantitative estimate of drug-likeness (QED) is 0.447. The van der Waals surface area contributed by atoms with Crippen LogP contribution in [-0.2, 0) is 12.0 Å². The van der Waals surface area contributed by atoms with Gasteiger partial charge in [-0.2, -0.15) is 0 Å². The molecule has 0 bridgehead atoms. The molecule has 1 aromatic heterocycles. The van der Waals surface area contributed by atoms with Gasteiger partial charge in [0, 0.05) is 23.4 Å². The number of rotatable bonds is 11. The third kappa shape index (κ3) is 6.45. The van der Waals surface area contributed by atoms with Gasteiger partial charge in [0.2, 0.25) is 0 Å². The van der Waals surface area contributed by atoms with Gasteiger partial charge < -0.3 is 14.6 Å². The Morgan fingerprint density at radius 1 is 0.968 bits per heavy atom. The summed E-state index contributed by atoms with van der Waals surface area (Å²) in [5, 5.41) is 17.7. The number of halogens is 1. The Kier molecular flexibility index (Phi) is 7.93. The SMILES string of the molecule is C[C@@H](CCl)COc1ccc(C(C)(C)c2ccc(OC[C@@H](O)Cn3ccnn3)cc2)cc1. The molecule has 6 nitrogen and oxygen atoms in total. The van der Waals surface area contributed by atoms with Gasteiger partial charge in [-0.3, -0.25) is 0 Å². The van der Waals surface area contributed by atoms with Crippen LogP contribution in [0, 0.1) is 5.92 Å². The number of nitrogens with zero attached hydrogens (tertiary/aromatic N) is 3. The first-order valence-electron chi connectivity index (χ1n) is 10.4. The minimum Gasteiger partial charge on any atom is -0.493 e. The Labute approximate surface area is 188 Å². The zero-order valence-corrected chi connectivity index (χ0v) is 19.0. The molecule has 3 aromatic rings. The van der Waals surface area contributed by atoms with Crippen molar-refractivity contribution in [3.63, 3.8) is 0 Å². The second-order valence-corrected chi connectivity index (χ2v) is 8.64. The maximum absolute atomic E-state index is 10.1. The van der Waals surface area contributed by atoms with Crippen LogP contribution < -0.4 is 9.47 Å². The lowest BCUT2D eigenvalue weighted by molar-refractivity contribution is 0.0888. The smallest absolute Gasteiger partial charge is 0.119 e. The fraction of sp³-hybridized carbons (Fsp3) is 0.417. The van der Waals surface area contributed by atoms with E-state index in [1.54, 1.807) is 17.1 Å². The topological polar surface area (TPSA) is 69.4 Å². The first kappa shape index (κ1) is 23.1. The van der Waals surface area contributed by atoms with Crippen molar-refractivity contribution in [2.24, 2.45) is 5.92 Å². The molecule has 1 heterocycles. The standard InChI is InChI=1S/C24H30ClN3O3/c1-18(14-25)16-30-22-8-4-19(5-9-22)24(2,3)20-6-10-23(11-7-20)31-17-21(29)15-28-13-12-26-27-28/h4-13,18,21,29H,14-17H2,1-3H3/t18-,21-/m0/s1. The molecule has 7 heteroatoms. The third-order valence-electron chi connectivity index (χ3n) is 5.26. The summed E-state index contributed by atoms with van der Waals surface area (Å²) in [6.07, 6.45) is 2.63. The Hall–Kier alpha value is -2.57. The molecule has 1 N–H and O–H groups in total. The number of aromatic nitrogens is 3. The Morgan fingerprint density at radius 3 is 2.00 bits per heavy atom. The maximum atomic E-state index is 10.1. The second kappa shape index (κ2) is 10.6. The first-order valence-corrected chi connectivity index (χ1v) is 11.0. The zero-order valence-electron chi connectivity index (χ0n) is 18.2. The average molecular weight is 444 g/mol. The molecule has 0 saturated heterocycles. The molecule has 0 radical (unpaired) electrons. The van der Waals surface area contributed by atoms with Crippen molar-refractivity contribution in [3.8, 4) is 11.5 Å². The van der Waals surface area contributed by atoms with Crippen LogP contribution in [-0.4, -0.2) is 45.3 Å². The monoisotopic (exact) mass is 443 g/mol. The van der Waals surface area contributed by atoms with Gasteiger partial charge >= 0.3 is 0 Å². The fourth-order valence-electron chi connectivity index (χ4n) is 3.18. The highest BCUT2D eigenvalue weighted by Crippen LogP contribution is 2.33. The lowest BCUT2D eigenvalue weighted by Gasteiger charge is -2.26. The number of aliphatic hydroxyl groups excluding tert-OH is 1. The minimum atomic E-state index is -0.661. The summed E-state index contributed by atoms with van der Waals surface area (Å²) in [5.74, 6) is 2.48. The predicted molar refractivity (Wildman–Crippen MR) is 122 cm³/mol. The predicted octanol–water partition coefficient (Wildman–Crippen LogP) is 4.30. The van der Waals surface area contributed by atoms with Gasteiger partial charge in [-0.1, -0.05) is 50.3 Å². The lowest BCUT2D eigenvalue weighted by Crippen LogP contribution is -2.24. The Balaban J connectivity index is 1.57. The van der Waals surface area contributed by atoms with Crippen LogP contribution in [0.3, 0.4) is 0 Å². The molecule has 31 heavy (non-hydrogen) atoms. The summed E-state index contributed by atoms with van der Waals surface area (Å²) < 4.78 is 13.1. The molecule has 0 saturated carbocycles. The van der Waals surface area contributed by atoms with E-state index in [1.807, 2.05) is 24.3 Å². The molecule has 2 atom stereocenters. The molecule has 0 spiro atoms. The molecule has 0 aliphatic heterocycles. The molecule has 0 unspecified atom stereocenters. The molecule has 0 amide bonds. The summed E-state index contributed by atoms with van der Waals surface area (Å²) >= 11 is 5.84. The van der Waals surface area contributed by atoms with E-state index < -0.39 is 6.10 Å². The molecule has 0 aliphatic carbocycles. The number of ether oxygens (including phenoxy) is 2. The summed E-state index contributed by atoms with van der Waals surface area (Å²) in [6.45, 7) is 7.59. The van der Waals surface area contributed by atoms with E-state index in [0.29, 0.717) is 30.7 Å². The van der Waals surface area contributed by atoms with Crippen molar-refractivity contribution >= 4 is 11.6 Å². The van der Waals surface area contributed by atoms with Crippen molar-refractivity contribution in [2.75, 3.05) is 19.1 Å². The molecular formula is C24H30ClN3O3. The molecule has 3 rings (SSSR count). The summed E-state index contributed by atoms with van der Waals surface area (Å²) in [4.78, 5) is 0. The van der Waals surface area contributed by atoms with Crippen molar-refractivity contribution in [2.45, 2.75) is 38.8 Å². The fourth-order valence-corrected chi connectivity index (χ4v) is 3.27. The van der Waals surface area contributed by atoms with Gasteiger partial charge in [0.05, 0.1) is 19.3 Å². The highest BCUT2D eigenvalue weighted by atomic mass is 35.5.